The number of nitrogens with one attached hydrogen (secondary N) is 1. The number of hydrogen-bond acceptors (Lipinski definition) is 7. The lowest BCUT2D eigenvalue weighted by Crippen LogP contribution is -2.44. The van der Waals surface area contributed by atoms with Gasteiger partial charge in [-0.25, -0.2) is 9.97 Å². The van der Waals surface area contributed by atoms with Crippen LogP contribution in [0.2, 0.25) is 0 Å². The summed E-state index contributed by atoms with van der Waals surface area (Å²) in [6.45, 7) is 6.50. The van der Waals surface area contributed by atoms with Gasteiger partial charge in [0.05, 0.1) is 16.8 Å². The summed E-state index contributed by atoms with van der Waals surface area (Å²) >= 11 is 1.45. The minimum atomic E-state index is 0.0765. The third-order valence-electron chi connectivity index (χ3n) is 5.70. The van der Waals surface area contributed by atoms with E-state index < -0.39 is 0 Å². The van der Waals surface area contributed by atoms with Crippen LogP contribution in [0.25, 0.3) is 10.2 Å². The smallest absolute Gasteiger partial charge is 0.264 e. The summed E-state index contributed by atoms with van der Waals surface area (Å²) in [7, 11) is 4.05. The third kappa shape index (κ3) is 4.00. The highest BCUT2D eigenvalue weighted by Gasteiger charge is 2.28. The Morgan fingerprint density at radius 2 is 2.07 bits per heavy atom. The summed E-state index contributed by atoms with van der Waals surface area (Å²) < 4.78 is 5.63. The van der Waals surface area contributed by atoms with Crippen molar-refractivity contribution >= 4 is 33.3 Å². The standard InChI is InChI=1S/C21H27N5O2S/c1-13-5-6-16(28-13)11-22-19-17-14(2)18(29-20(17)24-12-23-19)21(27)26(4)15-7-9-25(3)10-8-15/h5-6,12,15H,7-11H2,1-4H3,(H,22,23,24). The Morgan fingerprint density at radius 1 is 1.31 bits per heavy atom. The molecule has 1 aliphatic rings. The molecule has 1 amide bonds. The summed E-state index contributed by atoms with van der Waals surface area (Å²) in [4.78, 5) is 27.9. The summed E-state index contributed by atoms with van der Waals surface area (Å²) in [5.41, 5.74) is 0.938. The first-order valence-electron chi connectivity index (χ1n) is 9.93. The topological polar surface area (TPSA) is 74.5 Å². The zero-order valence-electron chi connectivity index (χ0n) is 17.4. The summed E-state index contributed by atoms with van der Waals surface area (Å²) in [5.74, 6) is 2.54. The van der Waals surface area contributed by atoms with Gasteiger partial charge in [0.2, 0.25) is 0 Å². The number of hydrogen-bond donors (Lipinski definition) is 1. The first-order chi connectivity index (χ1) is 13.9. The van der Waals surface area contributed by atoms with Gasteiger partial charge in [-0.05, 0) is 64.5 Å². The Hall–Kier alpha value is -2.45. The normalized spacial score (nSPS) is 15.7. The third-order valence-corrected chi connectivity index (χ3v) is 6.89. The van der Waals surface area contributed by atoms with Crippen molar-refractivity contribution < 1.29 is 9.21 Å². The van der Waals surface area contributed by atoms with Gasteiger partial charge in [0.25, 0.3) is 5.91 Å². The van der Waals surface area contributed by atoms with Gasteiger partial charge in [0, 0.05) is 13.1 Å². The molecule has 1 saturated heterocycles. The molecule has 7 nitrogen and oxygen atoms in total. The van der Waals surface area contributed by atoms with Crippen molar-refractivity contribution in [2.45, 2.75) is 39.3 Å². The van der Waals surface area contributed by atoms with Crippen LogP contribution in [0.1, 0.15) is 39.6 Å². The Bertz CT molecular complexity index is 1020. The highest BCUT2D eigenvalue weighted by Crippen LogP contribution is 2.34. The fraction of sp³-hybridized carbons (Fsp3) is 0.476. The average molecular weight is 414 g/mol. The molecule has 0 aromatic carbocycles. The van der Waals surface area contributed by atoms with Gasteiger partial charge >= 0.3 is 0 Å². The number of aryl methyl sites for hydroxylation is 2. The summed E-state index contributed by atoms with van der Waals surface area (Å²) in [5, 5.41) is 4.26. The number of rotatable bonds is 5. The fourth-order valence-corrected chi connectivity index (χ4v) is 5.00. The van der Waals surface area contributed by atoms with Gasteiger partial charge in [-0.2, -0.15) is 0 Å². The van der Waals surface area contributed by atoms with E-state index >= 15 is 0 Å². The van der Waals surface area contributed by atoms with Crippen molar-refractivity contribution in [1.29, 1.82) is 0 Å². The van der Waals surface area contributed by atoms with E-state index in [9.17, 15) is 4.79 Å². The van der Waals surface area contributed by atoms with E-state index in [1.165, 1.54) is 11.3 Å². The second-order valence-electron chi connectivity index (χ2n) is 7.78. The number of piperidine rings is 1. The molecule has 0 aliphatic carbocycles. The van der Waals surface area contributed by atoms with Crippen molar-refractivity contribution in [3.8, 4) is 0 Å². The largest absolute Gasteiger partial charge is 0.465 e. The molecule has 0 saturated carbocycles. The summed E-state index contributed by atoms with van der Waals surface area (Å²) in [6.07, 6.45) is 3.57. The van der Waals surface area contributed by atoms with E-state index in [-0.39, 0.29) is 11.9 Å². The first kappa shape index (κ1) is 19.8. The van der Waals surface area contributed by atoms with E-state index in [0.717, 1.165) is 63.9 Å². The zero-order chi connectivity index (χ0) is 20.5. The molecule has 0 spiro atoms. The van der Waals surface area contributed by atoms with Crippen LogP contribution in [0.4, 0.5) is 5.82 Å². The number of anilines is 1. The van der Waals surface area contributed by atoms with Gasteiger partial charge in [0.1, 0.15) is 28.5 Å². The number of nitrogens with zero attached hydrogens (tertiary/aromatic N) is 4. The Morgan fingerprint density at radius 3 is 2.76 bits per heavy atom. The molecular weight excluding hydrogens is 386 g/mol. The SMILES string of the molecule is Cc1ccc(CNc2ncnc3sc(C(=O)N(C)C4CCN(C)CC4)c(C)c23)o1. The molecule has 4 rings (SSSR count). The van der Waals surface area contributed by atoms with E-state index in [1.54, 1.807) is 6.33 Å². The van der Waals surface area contributed by atoms with Gasteiger partial charge in [-0.1, -0.05) is 0 Å². The van der Waals surface area contributed by atoms with Crippen molar-refractivity contribution in [3.63, 3.8) is 0 Å². The monoisotopic (exact) mass is 413 g/mol. The second-order valence-corrected chi connectivity index (χ2v) is 8.77. The molecule has 0 unspecified atom stereocenters. The minimum absolute atomic E-state index is 0.0765. The number of thiophene rings is 1. The number of furan rings is 1. The predicted molar refractivity (Wildman–Crippen MR) is 116 cm³/mol. The van der Waals surface area contributed by atoms with Crippen LogP contribution in [-0.4, -0.2) is 58.9 Å². The molecule has 4 heterocycles. The van der Waals surface area contributed by atoms with E-state index in [4.69, 9.17) is 4.42 Å². The van der Waals surface area contributed by atoms with Gasteiger partial charge < -0.3 is 19.5 Å². The number of aromatic nitrogens is 2. The molecule has 154 valence electrons. The van der Waals surface area contributed by atoms with Crippen LogP contribution in [0.3, 0.4) is 0 Å². The fourth-order valence-electron chi connectivity index (χ4n) is 3.87. The lowest BCUT2D eigenvalue weighted by molar-refractivity contribution is 0.0664. The zero-order valence-corrected chi connectivity index (χ0v) is 18.2. The number of fused-ring (bicyclic) bond motifs is 1. The Balaban J connectivity index is 1.57. The number of likely N-dealkylation sites (tertiary alicyclic amines) is 1. The van der Waals surface area contributed by atoms with Crippen LogP contribution in [0.5, 0.6) is 0 Å². The maximum absolute atomic E-state index is 13.2. The molecule has 8 heteroatoms. The second kappa shape index (κ2) is 8.12. The average Bonchev–Trinajstić information content (AvgIpc) is 3.29. The van der Waals surface area contributed by atoms with Crippen molar-refractivity contribution in [3.05, 3.63) is 40.4 Å². The van der Waals surface area contributed by atoms with Crippen molar-refractivity contribution in [2.24, 2.45) is 0 Å². The Labute approximate surface area is 174 Å². The maximum atomic E-state index is 13.2. The molecule has 0 atom stereocenters. The molecule has 0 bridgehead atoms. The molecule has 3 aromatic rings. The van der Waals surface area contributed by atoms with Crippen LogP contribution in [-0.2, 0) is 6.54 Å². The minimum Gasteiger partial charge on any atom is -0.465 e. The molecule has 0 radical (unpaired) electrons. The first-order valence-corrected chi connectivity index (χ1v) is 10.7. The van der Waals surface area contributed by atoms with Gasteiger partial charge in [0.15, 0.2) is 0 Å². The van der Waals surface area contributed by atoms with Crippen LogP contribution in [0, 0.1) is 13.8 Å². The number of carbonyl (C=O) groups is 1. The van der Waals surface area contributed by atoms with Crippen LogP contribution < -0.4 is 5.32 Å². The quantitative estimate of drug-likeness (QED) is 0.688. The Kier molecular flexibility index (Phi) is 5.56. The van der Waals surface area contributed by atoms with Gasteiger partial charge in [-0.15, -0.1) is 11.3 Å². The molecule has 3 aromatic heterocycles. The van der Waals surface area contributed by atoms with E-state index in [2.05, 4.69) is 27.2 Å². The van der Waals surface area contributed by atoms with E-state index in [0.29, 0.717) is 6.54 Å². The molecule has 1 aliphatic heterocycles. The van der Waals surface area contributed by atoms with E-state index in [1.807, 2.05) is 37.9 Å². The van der Waals surface area contributed by atoms with Crippen molar-refractivity contribution in [1.82, 2.24) is 19.8 Å². The lowest BCUT2D eigenvalue weighted by atomic mass is 10.0. The van der Waals surface area contributed by atoms with Gasteiger partial charge in [-0.3, -0.25) is 4.79 Å². The van der Waals surface area contributed by atoms with Crippen molar-refractivity contribution in [2.75, 3.05) is 32.5 Å². The molecule has 1 N–H and O–H groups in total. The molecular formula is C21H27N5O2S. The predicted octanol–water partition coefficient (Wildman–Crippen LogP) is 3.68. The molecule has 29 heavy (non-hydrogen) atoms. The molecule has 1 fully saturated rings. The highest BCUT2D eigenvalue weighted by atomic mass is 32.1. The van der Waals surface area contributed by atoms with Crippen LogP contribution in [0.15, 0.2) is 22.9 Å². The lowest BCUT2D eigenvalue weighted by Gasteiger charge is -2.35. The number of amides is 1. The summed E-state index contributed by atoms with van der Waals surface area (Å²) in [6, 6.07) is 4.18. The van der Waals surface area contributed by atoms with Crippen LogP contribution >= 0.6 is 11.3 Å². The highest BCUT2D eigenvalue weighted by molar-refractivity contribution is 7.20. The number of carbonyl (C=O) groups excluding carboxylic acids is 1. The maximum Gasteiger partial charge on any atom is 0.264 e.